The maximum Gasteiger partial charge on any atom is 0.274 e. The standard InChI is InChI=1S/C21H16ClN3O/c1-14-15(16-7-2-3-9-17(16)22)8-6-10-18(14)24-21(26)19-13-23-20-11-4-5-12-25(19)20/h2-13H,1H3,(H,24,26). The van der Waals surface area contributed by atoms with Crippen molar-refractivity contribution in [2.45, 2.75) is 6.92 Å². The third-order valence-electron chi connectivity index (χ3n) is 4.40. The number of benzene rings is 2. The number of nitrogens with one attached hydrogen (secondary N) is 1. The highest BCUT2D eigenvalue weighted by molar-refractivity contribution is 6.33. The zero-order valence-corrected chi connectivity index (χ0v) is 14.9. The Morgan fingerprint density at radius 2 is 1.77 bits per heavy atom. The monoisotopic (exact) mass is 361 g/mol. The first kappa shape index (κ1) is 16.4. The largest absolute Gasteiger partial charge is 0.320 e. The molecular formula is C21H16ClN3O. The summed E-state index contributed by atoms with van der Waals surface area (Å²) in [7, 11) is 0. The molecule has 2 aromatic heterocycles. The van der Waals surface area contributed by atoms with Gasteiger partial charge in [-0.05, 0) is 42.3 Å². The Bertz CT molecular complexity index is 1120. The van der Waals surface area contributed by atoms with Crippen LogP contribution in [0.5, 0.6) is 0 Å². The molecule has 4 aromatic rings. The van der Waals surface area contributed by atoms with Crippen molar-refractivity contribution in [1.29, 1.82) is 0 Å². The summed E-state index contributed by atoms with van der Waals surface area (Å²) >= 11 is 6.34. The molecule has 0 atom stereocenters. The van der Waals surface area contributed by atoms with Crippen LogP contribution in [0, 0.1) is 6.92 Å². The first-order chi connectivity index (χ1) is 12.6. The van der Waals surface area contributed by atoms with E-state index in [1.807, 2.05) is 73.8 Å². The topological polar surface area (TPSA) is 46.4 Å². The molecule has 0 saturated heterocycles. The van der Waals surface area contributed by atoms with E-state index in [1.165, 1.54) is 0 Å². The van der Waals surface area contributed by atoms with Crippen molar-refractivity contribution < 1.29 is 4.79 Å². The quantitative estimate of drug-likeness (QED) is 0.544. The number of fused-ring (bicyclic) bond motifs is 1. The molecular weight excluding hydrogens is 346 g/mol. The molecule has 0 saturated carbocycles. The van der Waals surface area contributed by atoms with E-state index < -0.39 is 0 Å². The van der Waals surface area contributed by atoms with Crippen molar-refractivity contribution >= 4 is 28.8 Å². The van der Waals surface area contributed by atoms with Gasteiger partial charge in [-0.25, -0.2) is 4.98 Å². The Morgan fingerprint density at radius 1 is 1.00 bits per heavy atom. The van der Waals surface area contributed by atoms with E-state index in [-0.39, 0.29) is 5.91 Å². The highest BCUT2D eigenvalue weighted by Gasteiger charge is 2.15. The fourth-order valence-electron chi connectivity index (χ4n) is 3.03. The van der Waals surface area contributed by atoms with Gasteiger partial charge in [0.05, 0.1) is 6.20 Å². The van der Waals surface area contributed by atoms with Gasteiger partial charge in [-0.1, -0.05) is 48.0 Å². The number of carbonyl (C=O) groups excluding carboxylic acids is 1. The summed E-state index contributed by atoms with van der Waals surface area (Å²) in [6, 6.07) is 19.1. The molecule has 0 radical (unpaired) electrons. The van der Waals surface area contributed by atoms with E-state index in [0.29, 0.717) is 10.7 Å². The molecule has 0 aliphatic rings. The van der Waals surface area contributed by atoms with Crippen molar-refractivity contribution in [3.63, 3.8) is 0 Å². The van der Waals surface area contributed by atoms with Crippen molar-refractivity contribution in [3.05, 3.63) is 89.3 Å². The number of halogens is 1. The molecule has 26 heavy (non-hydrogen) atoms. The molecule has 1 N–H and O–H groups in total. The number of anilines is 1. The van der Waals surface area contributed by atoms with Crippen molar-refractivity contribution in [1.82, 2.24) is 9.38 Å². The normalized spacial score (nSPS) is 10.8. The fourth-order valence-corrected chi connectivity index (χ4v) is 3.27. The van der Waals surface area contributed by atoms with Crippen LogP contribution in [0.4, 0.5) is 5.69 Å². The van der Waals surface area contributed by atoms with Crippen LogP contribution in [-0.4, -0.2) is 15.3 Å². The lowest BCUT2D eigenvalue weighted by atomic mass is 9.99. The number of hydrogen-bond donors (Lipinski definition) is 1. The zero-order chi connectivity index (χ0) is 18.1. The Hall–Kier alpha value is -3.11. The van der Waals surface area contributed by atoms with E-state index in [1.54, 1.807) is 10.6 Å². The second-order valence-electron chi connectivity index (χ2n) is 5.98. The molecule has 4 nitrogen and oxygen atoms in total. The molecule has 1 amide bonds. The molecule has 0 aliphatic heterocycles. The number of pyridine rings is 1. The molecule has 2 aromatic carbocycles. The maximum absolute atomic E-state index is 12.8. The van der Waals surface area contributed by atoms with Crippen molar-refractivity contribution in [2.24, 2.45) is 0 Å². The molecule has 0 fully saturated rings. The van der Waals surface area contributed by atoms with E-state index in [0.717, 1.165) is 28.0 Å². The Kier molecular flexibility index (Phi) is 4.19. The Morgan fingerprint density at radius 3 is 2.62 bits per heavy atom. The summed E-state index contributed by atoms with van der Waals surface area (Å²) in [5.74, 6) is -0.205. The zero-order valence-electron chi connectivity index (χ0n) is 14.1. The number of aromatic nitrogens is 2. The van der Waals surface area contributed by atoms with Crippen LogP contribution in [0.3, 0.4) is 0 Å². The predicted octanol–water partition coefficient (Wildman–Crippen LogP) is 5.22. The number of nitrogens with zero attached hydrogens (tertiary/aromatic N) is 2. The number of carbonyl (C=O) groups is 1. The third kappa shape index (κ3) is 2.85. The Labute approximate surface area is 156 Å². The van der Waals surface area contributed by atoms with Crippen LogP contribution < -0.4 is 5.32 Å². The molecule has 5 heteroatoms. The minimum atomic E-state index is -0.205. The van der Waals surface area contributed by atoms with Gasteiger partial charge in [-0.2, -0.15) is 0 Å². The van der Waals surface area contributed by atoms with Gasteiger partial charge >= 0.3 is 0 Å². The first-order valence-corrected chi connectivity index (χ1v) is 8.61. The lowest BCUT2D eigenvalue weighted by molar-refractivity contribution is 0.102. The molecule has 0 bridgehead atoms. The van der Waals surface area contributed by atoms with Gasteiger partial charge in [-0.15, -0.1) is 0 Å². The average molecular weight is 362 g/mol. The predicted molar refractivity (Wildman–Crippen MR) is 105 cm³/mol. The Balaban J connectivity index is 1.70. The molecule has 128 valence electrons. The molecule has 0 spiro atoms. The summed E-state index contributed by atoms with van der Waals surface area (Å²) in [6.45, 7) is 1.97. The lowest BCUT2D eigenvalue weighted by Gasteiger charge is -2.13. The van der Waals surface area contributed by atoms with E-state index in [9.17, 15) is 4.79 Å². The molecule has 0 unspecified atom stereocenters. The van der Waals surface area contributed by atoms with Gasteiger partial charge in [-0.3, -0.25) is 9.20 Å². The molecule has 4 rings (SSSR count). The number of hydrogen-bond acceptors (Lipinski definition) is 2. The summed E-state index contributed by atoms with van der Waals surface area (Å²) < 4.78 is 1.77. The van der Waals surface area contributed by atoms with Crippen LogP contribution in [-0.2, 0) is 0 Å². The number of imidazole rings is 1. The SMILES string of the molecule is Cc1c(NC(=O)c2cnc3ccccn23)cccc1-c1ccccc1Cl. The van der Waals surface area contributed by atoms with Gasteiger partial charge in [0, 0.05) is 22.5 Å². The highest BCUT2D eigenvalue weighted by Crippen LogP contribution is 2.33. The summed E-state index contributed by atoms with van der Waals surface area (Å²) in [6.07, 6.45) is 3.40. The summed E-state index contributed by atoms with van der Waals surface area (Å²) in [4.78, 5) is 17.0. The van der Waals surface area contributed by atoms with Crippen LogP contribution >= 0.6 is 11.6 Å². The van der Waals surface area contributed by atoms with Crippen molar-refractivity contribution in [2.75, 3.05) is 5.32 Å². The number of amides is 1. The fraction of sp³-hybridized carbons (Fsp3) is 0.0476. The summed E-state index contributed by atoms with van der Waals surface area (Å²) in [5, 5.41) is 3.67. The van der Waals surface area contributed by atoms with Gasteiger partial charge < -0.3 is 5.32 Å². The van der Waals surface area contributed by atoms with Gasteiger partial charge in [0.1, 0.15) is 11.3 Å². The first-order valence-electron chi connectivity index (χ1n) is 8.23. The van der Waals surface area contributed by atoms with Gasteiger partial charge in [0.15, 0.2) is 0 Å². The van der Waals surface area contributed by atoms with E-state index in [2.05, 4.69) is 10.3 Å². The molecule has 0 aliphatic carbocycles. The van der Waals surface area contributed by atoms with E-state index >= 15 is 0 Å². The average Bonchev–Trinajstić information content (AvgIpc) is 3.08. The second kappa shape index (κ2) is 6.65. The smallest absolute Gasteiger partial charge is 0.274 e. The van der Waals surface area contributed by atoms with Crippen LogP contribution in [0.15, 0.2) is 73.1 Å². The van der Waals surface area contributed by atoms with E-state index in [4.69, 9.17) is 11.6 Å². The maximum atomic E-state index is 12.8. The lowest BCUT2D eigenvalue weighted by Crippen LogP contribution is -2.15. The second-order valence-corrected chi connectivity index (χ2v) is 6.39. The van der Waals surface area contributed by atoms with Crippen molar-refractivity contribution in [3.8, 4) is 11.1 Å². The van der Waals surface area contributed by atoms with Gasteiger partial charge in [0.2, 0.25) is 0 Å². The molecule has 2 heterocycles. The minimum Gasteiger partial charge on any atom is -0.320 e. The third-order valence-corrected chi connectivity index (χ3v) is 4.73. The van der Waals surface area contributed by atoms with Gasteiger partial charge in [0.25, 0.3) is 5.91 Å². The van der Waals surface area contributed by atoms with Crippen LogP contribution in [0.1, 0.15) is 16.1 Å². The number of rotatable bonds is 3. The van der Waals surface area contributed by atoms with Crippen LogP contribution in [0.25, 0.3) is 16.8 Å². The highest BCUT2D eigenvalue weighted by atomic mass is 35.5. The minimum absolute atomic E-state index is 0.205. The summed E-state index contributed by atoms with van der Waals surface area (Å²) in [5.41, 5.74) is 4.87. The van der Waals surface area contributed by atoms with Crippen LogP contribution in [0.2, 0.25) is 5.02 Å².